The maximum absolute atomic E-state index is 12.3. The molecule has 2 heterocycles. The molecule has 1 fully saturated rings. The maximum Gasteiger partial charge on any atom is 0.410 e. The highest BCUT2D eigenvalue weighted by Crippen LogP contribution is 2.21. The van der Waals surface area contributed by atoms with Gasteiger partial charge >= 0.3 is 6.09 Å². The molecule has 2 N–H and O–H groups in total. The fraction of sp³-hybridized carbons (Fsp3) is 0.500. The number of piperazine rings is 1. The zero-order valence-corrected chi connectivity index (χ0v) is 15.2. The standard InChI is InChI=1S/C18H25N5O2/c1-12-11-22(7-8-23(12)17(24)25-18(2,3)4)16-10-20-15-9-13(19)5-6-14(15)21-16/h5-6,9-10,12H,7-8,11,19H2,1-4H3/t12-/m1/s1. The van der Waals surface area contributed by atoms with Gasteiger partial charge in [0, 0.05) is 31.4 Å². The Kier molecular flexibility index (Phi) is 4.41. The Labute approximate surface area is 147 Å². The summed E-state index contributed by atoms with van der Waals surface area (Å²) in [4.78, 5) is 25.4. The SMILES string of the molecule is C[C@@H]1CN(c2cnc3cc(N)ccc3n2)CCN1C(=O)OC(C)(C)C. The van der Waals surface area contributed by atoms with Crippen LogP contribution < -0.4 is 10.6 Å². The van der Waals surface area contributed by atoms with Gasteiger partial charge in [-0.3, -0.25) is 4.98 Å². The molecular weight excluding hydrogens is 318 g/mol. The highest BCUT2D eigenvalue weighted by Gasteiger charge is 2.31. The molecule has 3 rings (SSSR count). The molecule has 0 unspecified atom stereocenters. The van der Waals surface area contributed by atoms with Gasteiger partial charge in [0.25, 0.3) is 0 Å². The lowest BCUT2D eigenvalue weighted by molar-refractivity contribution is 0.0158. The zero-order chi connectivity index (χ0) is 18.2. The summed E-state index contributed by atoms with van der Waals surface area (Å²) in [6, 6.07) is 5.55. The number of hydrogen-bond donors (Lipinski definition) is 1. The third kappa shape index (κ3) is 3.92. The molecular formula is C18H25N5O2. The van der Waals surface area contributed by atoms with E-state index >= 15 is 0 Å². The molecule has 7 nitrogen and oxygen atoms in total. The minimum Gasteiger partial charge on any atom is -0.444 e. The molecule has 1 aromatic heterocycles. The number of anilines is 2. The van der Waals surface area contributed by atoms with E-state index in [4.69, 9.17) is 10.5 Å². The molecule has 7 heteroatoms. The van der Waals surface area contributed by atoms with Gasteiger partial charge in [-0.15, -0.1) is 0 Å². The Morgan fingerprint density at radius 1 is 1.28 bits per heavy atom. The second-order valence-electron chi connectivity index (χ2n) is 7.45. The third-order valence-corrected chi connectivity index (χ3v) is 4.13. The number of amides is 1. The van der Waals surface area contributed by atoms with Crippen LogP contribution in [0.1, 0.15) is 27.7 Å². The van der Waals surface area contributed by atoms with Crippen LogP contribution in [0, 0.1) is 0 Å². The summed E-state index contributed by atoms with van der Waals surface area (Å²) in [7, 11) is 0. The van der Waals surface area contributed by atoms with Crippen molar-refractivity contribution >= 4 is 28.6 Å². The van der Waals surface area contributed by atoms with Gasteiger partial charge in [-0.2, -0.15) is 0 Å². The van der Waals surface area contributed by atoms with Crippen LogP contribution in [-0.2, 0) is 4.74 Å². The topological polar surface area (TPSA) is 84.6 Å². The van der Waals surface area contributed by atoms with E-state index in [-0.39, 0.29) is 12.1 Å². The van der Waals surface area contributed by atoms with E-state index in [0.717, 1.165) is 16.9 Å². The van der Waals surface area contributed by atoms with Crippen LogP contribution in [0.3, 0.4) is 0 Å². The fourth-order valence-corrected chi connectivity index (χ4v) is 2.93. The number of hydrogen-bond acceptors (Lipinski definition) is 6. The van der Waals surface area contributed by atoms with Crippen molar-refractivity contribution in [1.82, 2.24) is 14.9 Å². The number of fused-ring (bicyclic) bond motifs is 1. The first-order chi connectivity index (χ1) is 11.7. The number of nitrogens with two attached hydrogens (primary N) is 1. The summed E-state index contributed by atoms with van der Waals surface area (Å²) in [5.41, 5.74) is 7.57. The normalized spacial score (nSPS) is 18.5. The Morgan fingerprint density at radius 3 is 2.72 bits per heavy atom. The molecule has 0 bridgehead atoms. The van der Waals surface area contributed by atoms with Crippen LogP contribution in [0.5, 0.6) is 0 Å². The van der Waals surface area contributed by atoms with Crippen molar-refractivity contribution in [3.63, 3.8) is 0 Å². The summed E-state index contributed by atoms with van der Waals surface area (Å²) in [5, 5.41) is 0. The van der Waals surface area contributed by atoms with Crippen LogP contribution >= 0.6 is 0 Å². The van der Waals surface area contributed by atoms with Gasteiger partial charge in [-0.05, 0) is 45.9 Å². The van der Waals surface area contributed by atoms with Gasteiger partial charge in [-0.25, -0.2) is 9.78 Å². The molecule has 2 aromatic rings. The van der Waals surface area contributed by atoms with E-state index in [9.17, 15) is 4.79 Å². The Bertz CT molecular complexity index is 787. The average Bonchev–Trinajstić information content (AvgIpc) is 2.52. The molecule has 25 heavy (non-hydrogen) atoms. The number of carbonyl (C=O) groups is 1. The molecule has 1 aliphatic rings. The maximum atomic E-state index is 12.3. The van der Waals surface area contributed by atoms with E-state index in [2.05, 4.69) is 14.9 Å². The lowest BCUT2D eigenvalue weighted by atomic mass is 10.2. The predicted octanol–water partition coefficient (Wildman–Crippen LogP) is 2.66. The first-order valence-electron chi connectivity index (χ1n) is 8.50. The van der Waals surface area contributed by atoms with E-state index in [1.165, 1.54) is 0 Å². The van der Waals surface area contributed by atoms with Crippen molar-refractivity contribution in [3.05, 3.63) is 24.4 Å². The third-order valence-electron chi connectivity index (χ3n) is 4.13. The Morgan fingerprint density at radius 2 is 2.04 bits per heavy atom. The molecule has 0 radical (unpaired) electrons. The van der Waals surface area contributed by atoms with Crippen molar-refractivity contribution in [3.8, 4) is 0 Å². The van der Waals surface area contributed by atoms with Crippen LogP contribution in [0.4, 0.5) is 16.3 Å². The molecule has 1 amide bonds. The summed E-state index contributed by atoms with van der Waals surface area (Å²) < 4.78 is 5.49. The number of carbonyl (C=O) groups excluding carboxylic acids is 1. The quantitative estimate of drug-likeness (QED) is 0.801. The van der Waals surface area contributed by atoms with E-state index in [0.29, 0.717) is 25.3 Å². The lowest BCUT2D eigenvalue weighted by Gasteiger charge is -2.40. The predicted molar refractivity (Wildman–Crippen MR) is 98.6 cm³/mol. The molecule has 0 spiro atoms. The van der Waals surface area contributed by atoms with E-state index in [1.54, 1.807) is 11.1 Å². The Hall–Kier alpha value is -2.57. The minimum atomic E-state index is -0.487. The Balaban J connectivity index is 1.72. The number of nitrogens with zero attached hydrogens (tertiary/aromatic N) is 4. The monoisotopic (exact) mass is 343 g/mol. The van der Waals surface area contributed by atoms with Crippen LogP contribution in [-0.4, -0.2) is 52.2 Å². The van der Waals surface area contributed by atoms with Crippen molar-refractivity contribution in [2.75, 3.05) is 30.3 Å². The minimum absolute atomic E-state index is 0.0347. The number of ether oxygens (including phenoxy) is 1. The van der Waals surface area contributed by atoms with Gasteiger partial charge in [0.15, 0.2) is 0 Å². The van der Waals surface area contributed by atoms with Gasteiger partial charge in [-0.1, -0.05) is 0 Å². The average molecular weight is 343 g/mol. The van der Waals surface area contributed by atoms with Crippen LogP contribution in [0.25, 0.3) is 11.0 Å². The van der Waals surface area contributed by atoms with Crippen molar-refractivity contribution < 1.29 is 9.53 Å². The molecule has 1 aromatic carbocycles. The summed E-state index contributed by atoms with van der Waals surface area (Å²) in [6.45, 7) is 9.63. The van der Waals surface area contributed by atoms with Gasteiger partial charge in [0.05, 0.1) is 17.2 Å². The number of aromatic nitrogens is 2. The second kappa shape index (κ2) is 6.38. The molecule has 1 saturated heterocycles. The molecule has 1 atom stereocenters. The fourth-order valence-electron chi connectivity index (χ4n) is 2.93. The molecule has 0 aliphatic carbocycles. The van der Waals surface area contributed by atoms with Gasteiger partial charge in [0.1, 0.15) is 11.4 Å². The summed E-state index contributed by atoms with van der Waals surface area (Å²) >= 11 is 0. The smallest absolute Gasteiger partial charge is 0.410 e. The van der Waals surface area contributed by atoms with Gasteiger partial charge < -0.3 is 20.3 Å². The summed E-state index contributed by atoms with van der Waals surface area (Å²) in [6.07, 6.45) is 1.50. The van der Waals surface area contributed by atoms with Crippen molar-refractivity contribution in [2.24, 2.45) is 0 Å². The van der Waals surface area contributed by atoms with Crippen LogP contribution in [0.15, 0.2) is 24.4 Å². The van der Waals surface area contributed by atoms with E-state index in [1.807, 2.05) is 45.9 Å². The lowest BCUT2D eigenvalue weighted by Crippen LogP contribution is -2.55. The zero-order valence-electron chi connectivity index (χ0n) is 15.2. The highest BCUT2D eigenvalue weighted by molar-refractivity contribution is 5.79. The second-order valence-corrected chi connectivity index (χ2v) is 7.45. The summed E-state index contributed by atoms with van der Waals surface area (Å²) in [5.74, 6) is 0.813. The first kappa shape index (κ1) is 17.3. The molecule has 134 valence electrons. The van der Waals surface area contributed by atoms with Crippen LogP contribution in [0.2, 0.25) is 0 Å². The van der Waals surface area contributed by atoms with Crippen molar-refractivity contribution in [2.45, 2.75) is 39.3 Å². The number of nitrogen functional groups attached to an aromatic ring is 1. The van der Waals surface area contributed by atoms with E-state index < -0.39 is 5.60 Å². The molecule has 1 aliphatic heterocycles. The van der Waals surface area contributed by atoms with Gasteiger partial charge in [0.2, 0.25) is 0 Å². The highest BCUT2D eigenvalue weighted by atomic mass is 16.6. The number of benzene rings is 1. The first-order valence-corrected chi connectivity index (χ1v) is 8.50. The molecule has 0 saturated carbocycles. The van der Waals surface area contributed by atoms with Crippen molar-refractivity contribution in [1.29, 1.82) is 0 Å². The largest absolute Gasteiger partial charge is 0.444 e. The number of rotatable bonds is 1.